The zero-order valence-corrected chi connectivity index (χ0v) is 15.5. The number of aliphatic carboxylic acids is 1. The Hall–Kier alpha value is -1.60. The lowest BCUT2D eigenvalue weighted by molar-refractivity contribution is -0.140. The summed E-state index contributed by atoms with van der Waals surface area (Å²) in [6, 6.07) is 7.63. The molecular formula is C17H23BrN2O4. The van der Waals surface area contributed by atoms with E-state index in [-0.39, 0.29) is 24.5 Å². The molecule has 1 aliphatic rings. The molecule has 0 spiro atoms. The second-order valence-electron chi connectivity index (χ2n) is 6.00. The van der Waals surface area contributed by atoms with E-state index in [0.717, 1.165) is 17.3 Å². The number of likely N-dealkylation sites (N-methyl/N-ethyl adjacent to an activating group) is 1. The number of carbonyl (C=O) groups excluding carboxylic acids is 1. The van der Waals surface area contributed by atoms with Gasteiger partial charge in [-0.1, -0.05) is 22.9 Å². The summed E-state index contributed by atoms with van der Waals surface area (Å²) in [5.74, 6) is -0.325. The first kappa shape index (κ1) is 18.7. The van der Waals surface area contributed by atoms with E-state index in [1.165, 1.54) is 0 Å². The molecule has 2 N–H and O–H groups in total. The first-order valence-corrected chi connectivity index (χ1v) is 8.86. The van der Waals surface area contributed by atoms with E-state index >= 15 is 0 Å². The number of nitrogens with zero attached hydrogens (tertiary/aromatic N) is 1. The van der Waals surface area contributed by atoms with Crippen LogP contribution in [0.15, 0.2) is 28.7 Å². The molecule has 1 saturated carbocycles. The van der Waals surface area contributed by atoms with Crippen molar-refractivity contribution >= 4 is 27.8 Å². The van der Waals surface area contributed by atoms with Gasteiger partial charge in [0, 0.05) is 16.6 Å². The number of carboxylic acids is 1. The van der Waals surface area contributed by atoms with E-state index < -0.39 is 12.1 Å². The van der Waals surface area contributed by atoms with E-state index in [9.17, 15) is 9.59 Å². The van der Waals surface area contributed by atoms with Crippen LogP contribution in [-0.4, -0.2) is 53.2 Å². The van der Waals surface area contributed by atoms with Gasteiger partial charge in [-0.15, -0.1) is 0 Å². The van der Waals surface area contributed by atoms with Gasteiger partial charge in [0.2, 0.25) is 0 Å². The number of hydrogen-bond donors (Lipinski definition) is 2. The van der Waals surface area contributed by atoms with E-state index in [2.05, 4.69) is 21.2 Å². The van der Waals surface area contributed by atoms with Crippen LogP contribution in [0.25, 0.3) is 0 Å². The average Bonchev–Trinajstić information content (AvgIpc) is 2.50. The normalized spacial score (nSPS) is 21.0. The second-order valence-corrected chi connectivity index (χ2v) is 6.92. The zero-order chi connectivity index (χ0) is 17.7. The van der Waals surface area contributed by atoms with Crippen molar-refractivity contribution in [1.29, 1.82) is 0 Å². The summed E-state index contributed by atoms with van der Waals surface area (Å²) in [4.78, 5) is 24.9. The third-order valence-corrected chi connectivity index (χ3v) is 4.74. The van der Waals surface area contributed by atoms with Crippen LogP contribution in [0.5, 0.6) is 5.75 Å². The lowest BCUT2D eigenvalue weighted by Crippen LogP contribution is -2.56. The summed E-state index contributed by atoms with van der Waals surface area (Å²) >= 11 is 3.35. The molecule has 2 rings (SSSR count). The minimum atomic E-state index is -0.819. The molecule has 7 heteroatoms. The van der Waals surface area contributed by atoms with Gasteiger partial charge in [0.1, 0.15) is 5.75 Å². The van der Waals surface area contributed by atoms with Crippen molar-refractivity contribution in [2.24, 2.45) is 0 Å². The van der Waals surface area contributed by atoms with Crippen LogP contribution in [0.2, 0.25) is 0 Å². The molecular weight excluding hydrogens is 376 g/mol. The van der Waals surface area contributed by atoms with Crippen molar-refractivity contribution in [1.82, 2.24) is 10.2 Å². The predicted molar refractivity (Wildman–Crippen MR) is 94.1 cm³/mol. The van der Waals surface area contributed by atoms with Gasteiger partial charge < -0.3 is 15.2 Å². The van der Waals surface area contributed by atoms with E-state index in [1.807, 2.05) is 24.0 Å². The highest BCUT2D eigenvalue weighted by molar-refractivity contribution is 9.10. The van der Waals surface area contributed by atoms with Crippen LogP contribution in [0.4, 0.5) is 0 Å². The van der Waals surface area contributed by atoms with E-state index in [1.54, 1.807) is 19.1 Å². The van der Waals surface area contributed by atoms with Crippen LogP contribution in [-0.2, 0) is 9.59 Å². The minimum absolute atomic E-state index is 0.0465. The summed E-state index contributed by atoms with van der Waals surface area (Å²) in [5.41, 5.74) is 0. The predicted octanol–water partition coefficient (Wildman–Crippen LogP) is 2.27. The number of benzene rings is 1. The Kier molecular flexibility index (Phi) is 6.62. The summed E-state index contributed by atoms with van der Waals surface area (Å²) < 4.78 is 6.58. The van der Waals surface area contributed by atoms with Crippen molar-refractivity contribution in [2.75, 3.05) is 13.1 Å². The highest BCUT2D eigenvalue weighted by Gasteiger charge is 2.35. The Morgan fingerprint density at radius 3 is 2.54 bits per heavy atom. The third kappa shape index (κ3) is 5.21. The van der Waals surface area contributed by atoms with Crippen LogP contribution in [0.3, 0.4) is 0 Å². The molecule has 1 aromatic rings. The molecule has 6 nitrogen and oxygen atoms in total. The summed E-state index contributed by atoms with van der Waals surface area (Å²) in [6.45, 7) is 4.41. The fraction of sp³-hybridized carbons (Fsp3) is 0.529. The van der Waals surface area contributed by atoms with Crippen LogP contribution in [0.1, 0.15) is 26.7 Å². The fourth-order valence-corrected chi connectivity index (χ4v) is 3.03. The number of carbonyl (C=O) groups is 2. The SMILES string of the molecule is CCN(CC(=O)O)C1CC(NC(=O)C(C)Oc2ccc(Br)cc2)C1. The molecule has 1 fully saturated rings. The molecule has 1 unspecified atom stereocenters. The molecule has 0 radical (unpaired) electrons. The van der Waals surface area contributed by atoms with Gasteiger partial charge in [0.05, 0.1) is 6.54 Å². The highest BCUT2D eigenvalue weighted by Crippen LogP contribution is 2.26. The Balaban J connectivity index is 1.75. The lowest BCUT2D eigenvalue weighted by Gasteiger charge is -2.42. The molecule has 0 saturated heterocycles. The van der Waals surface area contributed by atoms with Gasteiger partial charge in [-0.25, -0.2) is 0 Å². The zero-order valence-electron chi connectivity index (χ0n) is 13.9. The van der Waals surface area contributed by atoms with Crippen LogP contribution < -0.4 is 10.1 Å². The number of amides is 1. The third-order valence-electron chi connectivity index (χ3n) is 4.22. The highest BCUT2D eigenvalue weighted by atomic mass is 79.9. The first-order valence-electron chi connectivity index (χ1n) is 8.07. The smallest absolute Gasteiger partial charge is 0.317 e. The average molecular weight is 399 g/mol. The number of hydrogen-bond acceptors (Lipinski definition) is 4. The van der Waals surface area contributed by atoms with E-state index in [4.69, 9.17) is 9.84 Å². The Bertz CT molecular complexity index is 572. The van der Waals surface area contributed by atoms with Crippen molar-refractivity contribution in [2.45, 2.75) is 44.9 Å². The summed E-state index contributed by atoms with van der Waals surface area (Å²) in [7, 11) is 0. The Labute approximate surface area is 150 Å². The Morgan fingerprint density at radius 2 is 2.00 bits per heavy atom. The first-order chi connectivity index (χ1) is 11.4. The summed E-state index contributed by atoms with van der Waals surface area (Å²) in [5, 5.41) is 11.9. The van der Waals surface area contributed by atoms with Gasteiger partial charge in [0.15, 0.2) is 6.10 Å². The molecule has 0 aromatic heterocycles. The topological polar surface area (TPSA) is 78.9 Å². The number of halogens is 1. The van der Waals surface area contributed by atoms with Crippen molar-refractivity contribution in [3.63, 3.8) is 0 Å². The molecule has 1 aliphatic carbocycles. The van der Waals surface area contributed by atoms with Crippen molar-refractivity contribution in [3.05, 3.63) is 28.7 Å². The van der Waals surface area contributed by atoms with Crippen molar-refractivity contribution in [3.8, 4) is 5.75 Å². The molecule has 0 bridgehead atoms. The van der Waals surface area contributed by atoms with Crippen LogP contribution in [0, 0.1) is 0 Å². The van der Waals surface area contributed by atoms with Gasteiger partial charge in [-0.05, 0) is 50.6 Å². The number of ether oxygens (including phenoxy) is 1. The monoisotopic (exact) mass is 398 g/mol. The second kappa shape index (κ2) is 8.48. The molecule has 0 heterocycles. The van der Waals surface area contributed by atoms with Crippen molar-refractivity contribution < 1.29 is 19.4 Å². The molecule has 1 amide bonds. The molecule has 132 valence electrons. The lowest BCUT2D eigenvalue weighted by atomic mass is 9.85. The Morgan fingerprint density at radius 1 is 1.38 bits per heavy atom. The van der Waals surface area contributed by atoms with Gasteiger partial charge in [-0.2, -0.15) is 0 Å². The minimum Gasteiger partial charge on any atom is -0.481 e. The van der Waals surface area contributed by atoms with Gasteiger partial charge in [-0.3, -0.25) is 14.5 Å². The maximum atomic E-state index is 12.2. The quantitative estimate of drug-likeness (QED) is 0.701. The number of carboxylic acid groups (broad SMARTS) is 1. The molecule has 1 aromatic carbocycles. The summed E-state index contributed by atoms with van der Waals surface area (Å²) in [6.07, 6.45) is 0.974. The molecule has 24 heavy (non-hydrogen) atoms. The fourth-order valence-electron chi connectivity index (χ4n) is 2.77. The molecule has 0 aliphatic heterocycles. The number of rotatable bonds is 8. The number of nitrogens with one attached hydrogen (secondary N) is 1. The largest absolute Gasteiger partial charge is 0.481 e. The standard InChI is InChI=1S/C17H23BrN2O4/c1-3-20(10-16(21)22)14-8-13(9-14)19-17(23)11(2)24-15-6-4-12(18)5-7-15/h4-7,11,13-14H,3,8-10H2,1-2H3,(H,19,23)(H,21,22). The molecule has 1 atom stereocenters. The van der Waals surface area contributed by atoms with Gasteiger partial charge in [0.25, 0.3) is 5.91 Å². The van der Waals surface area contributed by atoms with Crippen LogP contribution >= 0.6 is 15.9 Å². The maximum absolute atomic E-state index is 12.2. The van der Waals surface area contributed by atoms with E-state index in [0.29, 0.717) is 12.3 Å². The van der Waals surface area contributed by atoms with Gasteiger partial charge >= 0.3 is 5.97 Å². The maximum Gasteiger partial charge on any atom is 0.317 e.